The number of phenolic OH excluding ortho intramolecular Hbond substituents is 2. The normalized spacial score (nSPS) is 19.6. The van der Waals surface area contributed by atoms with Crippen LogP contribution in [-0.2, 0) is 12.8 Å². The maximum atomic E-state index is 12.4. The topological polar surface area (TPSA) is 81.6 Å². The van der Waals surface area contributed by atoms with E-state index in [1.807, 2.05) is 0 Å². The number of fused-ring (bicyclic) bond motifs is 3. The first-order valence-corrected chi connectivity index (χ1v) is 7.69. The van der Waals surface area contributed by atoms with Crippen molar-refractivity contribution in [1.29, 1.82) is 0 Å². The third-order valence-corrected chi connectivity index (χ3v) is 5.28. The zero-order valence-electron chi connectivity index (χ0n) is 11.1. The van der Waals surface area contributed by atoms with Gasteiger partial charge in [-0.25, -0.2) is 0 Å². The molecule has 1 unspecified atom stereocenters. The van der Waals surface area contributed by atoms with E-state index < -0.39 is 6.17 Å². The number of aromatic hydroxyl groups is 2. The molecule has 4 N–H and O–H groups in total. The lowest BCUT2D eigenvalue weighted by molar-refractivity contribution is 0.0935. The van der Waals surface area contributed by atoms with Crippen LogP contribution < -0.4 is 10.6 Å². The van der Waals surface area contributed by atoms with E-state index in [2.05, 4.69) is 10.6 Å². The van der Waals surface area contributed by atoms with Crippen molar-refractivity contribution in [3.63, 3.8) is 0 Å². The van der Waals surface area contributed by atoms with E-state index in [4.69, 9.17) is 0 Å². The molecule has 0 saturated carbocycles. The summed E-state index contributed by atoms with van der Waals surface area (Å²) in [6, 6.07) is 4.73. The van der Waals surface area contributed by atoms with Gasteiger partial charge in [0, 0.05) is 10.4 Å². The Bertz CT molecular complexity index is 754. The lowest BCUT2D eigenvalue weighted by Crippen LogP contribution is -2.38. The molecule has 4 rings (SSSR count). The van der Waals surface area contributed by atoms with Crippen LogP contribution >= 0.6 is 11.3 Å². The van der Waals surface area contributed by atoms with Gasteiger partial charge in [-0.05, 0) is 30.9 Å². The number of nitrogens with one attached hydrogen (secondary N) is 2. The van der Waals surface area contributed by atoms with Gasteiger partial charge in [0.05, 0.1) is 5.56 Å². The summed E-state index contributed by atoms with van der Waals surface area (Å²) in [7, 11) is 0. The number of amides is 1. The van der Waals surface area contributed by atoms with Crippen molar-refractivity contribution in [2.24, 2.45) is 0 Å². The number of benzene rings is 1. The fraction of sp³-hybridized carbons (Fsp3) is 0.267. The number of hydrogen-bond acceptors (Lipinski definition) is 5. The minimum atomic E-state index is -0.532. The summed E-state index contributed by atoms with van der Waals surface area (Å²) in [5.74, 6) is -0.512. The molecule has 1 atom stereocenters. The molecular formula is C15H14N2O3S. The van der Waals surface area contributed by atoms with Crippen LogP contribution in [0.2, 0.25) is 0 Å². The predicted molar refractivity (Wildman–Crippen MR) is 79.9 cm³/mol. The molecular weight excluding hydrogens is 288 g/mol. The second-order valence-electron chi connectivity index (χ2n) is 5.33. The summed E-state index contributed by atoms with van der Waals surface area (Å²) in [5, 5.41) is 26.5. The number of thiophene rings is 1. The highest BCUT2D eigenvalue weighted by molar-refractivity contribution is 7.16. The monoisotopic (exact) mass is 302 g/mol. The van der Waals surface area contributed by atoms with Crippen LogP contribution in [0.5, 0.6) is 11.5 Å². The molecule has 1 amide bonds. The molecule has 1 aliphatic carbocycles. The van der Waals surface area contributed by atoms with Crippen LogP contribution in [0, 0.1) is 0 Å². The maximum Gasteiger partial charge on any atom is 0.256 e. The average Bonchev–Trinajstić information content (AvgIpc) is 3.01. The van der Waals surface area contributed by atoms with E-state index in [1.54, 1.807) is 23.5 Å². The standard InChI is InChI=1S/C15H14N2O3S/c18-9-5-1-4-8(12(9)19)13-16-14(20)11-7-3-2-6-10(7)21-15(11)17-13/h1,4-5,13,17-19H,2-3,6H2,(H,16,20). The summed E-state index contributed by atoms with van der Waals surface area (Å²) in [4.78, 5) is 13.7. The average molecular weight is 302 g/mol. The summed E-state index contributed by atoms with van der Waals surface area (Å²) in [5.41, 5.74) is 2.38. The molecule has 0 saturated heterocycles. The van der Waals surface area contributed by atoms with Gasteiger partial charge < -0.3 is 20.8 Å². The first-order chi connectivity index (χ1) is 10.1. The van der Waals surface area contributed by atoms with Crippen molar-refractivity contribution in [3.8, 4) is 11.5 Å². The number of carbonyl (C=O) groups excluding carboxylic acids is 1. The van der Waals surface area contributed by atoms with E-state index in [0.717, 1.165) is 29.8 Å². The van der Waals surface area contributed by atoms with Crippen LogP contribution in [0.25, 0.3) is 0 Å². The number of carbonyl (C=O) groups is 1. The van der Waals surface area contributed by atoms with Crippen LogP contribution in [0.4, 0.5) is 5.00 Å². The fourth-order valence-electron chi connectivity index (χ4n) is 3.05. The third-order valence-electron chi connectivity index (χ3n) is 4.06. The molecule has 0 bridgehead atoms. The lowest BCUT2D eigenvalue weighted by Gasteiger charge is -2.27. The number of hydrogen-bond donors (Lipinski definition) is 4. The summed E-state index contributed by atoms with van der Waals surface area (Å²) < 4.78 is 0. The maximum absolute atomic E-state index is 12.4. The summed E-state index contributed by atoms with van der Waals surface area (Å²) >= 11 is 1.62. The van der Waals surface area contributed by atoms with E-state index in [-0.39, 0.29) is 17.4 Å². The Labute approximate surface area is 125 Å². The zero-order valence-corrected chi connectivity index (χ0v) is 12.0. The van der Waals surface area contributed by atoms with Gasteiger partial charge in [-0.15, -0.1) is 11.3 Å². The fourth-order valence-corrected chi connectivity index (χ4v) is 4.37. The molecule has 0 radical (unpaired) electrons. The van der Waals surface area contributed by atoms with Crippen molar-refractivity contribution in [1.82, 2.24) is 5.32 Å². The quantitative estimate of drug-likeness (QED) is 0.610. The molecule has 2 heterocycles. The van der Waals surface area contributed by atoms with Crippen LogP contribution in [-0.4, -0.2) is 16.1 Å². The Hall–Kier alpha value is -2.21. The van der Waals surface area contributed by atoms with Crippen molar-refractivity contribution in [2.45, 2.75) is 25.4 Å². The second-order valence-corrected chi connectivity index (χ2v) is 6.43. The van der Waals surface area contributed by atoms with Gasteiger partial charge in [-0.3, -0.25) is 4.79 Å². The molecule has 2 aromatic rings. The molecule has 1 aliphatic heterocycles. The Morgan fingerprint density at radius 1 is 1.19 bits per heavy atom. The Morgan fingerprint density at radius 2 is 2.05 bits per heavy atom. The molecule has 6 heteroatoms. The van der Waals surface area contributed by atoms with Gasteiger partial charge >= 0.3 is 0 Å². The van der Waals surface area contributed by atoms with Crippen molar-refractivity contribution >= 4 is 22.2 Å². The number of rotatable bonds is 1. The highest BCUT2D eigenvalue weighted by atomic mass is 32.1. The SMILES string of the molecule is O=C1NC(c2cccc(O)c2O)Nc2sc3c(c21)CCC3. The number of anilines is 1. The van der Waals surface area contributed by atoms with Gasteiger partial charge in [0.2, 0.25) is 0 Å². The highest BCUT2D eigenvalue weighted by Gasteiger charge is 2.33. The summed E-state index contributed by atoms with van der Waals surface area (Å²) in [6.45, 7) is 0. The summed E-state index contributed by atoms with van der Waals surface area (Å²) in [6.07, 6.45) is 2.57. The van der Waals surface area contributed by atoms with Crippen molar-refractivity contribution < 1.29 is 15.0 Å². The van der Waals surface area contributed by atoms with Gasteiger partial charge in [0.25, 0.3) is 5.91 Å². The smallest absolute Gasteiger partial charge is 0.256 e. The molecule has 1 aromatic heterocycles. The largest absolute Gasteiger partial charge is 0.504 e. The van der Waals surface area contributed by atoms with Gasteiger partial charge in [-0.1, -0.05) is 12.1 Å². The molecule has 0 fully saturated rings. The van der Waals surface area contributed by atoms with Crippen molar-refractivity contribution in [3.05, 3.63) is 39.8 Å². The molecule has 0 spiro atoms. The number of para-hydroxylation sites is 1. The Morgan fingerprint density at radius 3 is 2.90 bits per heavy atom. The lowest BCUT2D eigenvalue weighted by atomic mass is 10.1. The highest BCUT2D eigenvalue weighted by Crippen LogP contribution is 2.43. The van der Waals surface area contributed by atoms with Crippen molar-refractivity contribution in [2.75, 3.05) is 5.32 Å². The van der Waals surface area contributed by atoms with Gasteiger partial charge in [-0.2, -0.15) is 0 Å². The van der Waals surface area contributed by atoms with E-state index in [9.17, 15) is 15.0 Å². The number of aryl methyl sites for hydroxylation is 1. The molecule has 108 valence electrons. The predicted octanol–water partition coefficient (Wildman–Crippen LogP) is 2.50. The first kappa shape index (κ1) is 12.5. The molecule has 2 aliphatic rings. The van der Waals surface area contributed by atoms with Crippen LogP contribution in [0.15, 0.2) is 18.2 Å². The minimum Gasteiger partial charge on any atom is -0.504 e. The van der Waals surface area contributed by atoms with Crippen LogP contribution in [0.1, 0.15) is 38.9 Å². The van der Waals surface area contributed by atoms with Gasteiger partial charge in [0.1, 0.15) is 11.2 Å². The Kier molecular flexibility index (Phi) is 2.62. The number of phenols is 2. The Balaban J connectivity index is 1.75. The minimum absolute atomic E-state index is 0.115. The van der Waals surface area contributed by atoms with Crippen LogP contribution in [0.3, 0.4) is 0 Å². The first-order valence-electron chi connectivity index (χ1n) is 6.88. The zero-order chi connectivity index (χ0) is 14.6. The van der Waals surface area contributed by atoms with E-state index in [1.165, 1.54) is 16.5 Å². The second kappa shape index (κ2) is 4.39. The molecule has 1 aromatic carbocycles. The van der Waals surface area contributed by atoms with E-state index >= 15 is 0 Å². The molecule has 21 heavy (non-hydrogen) atoms. The van der Waals surface area contributed by atoms with Gasteiger partial charge in [0.15, 0.2) is 11.5 Å². The van der Waals surface area contributed by atoms with E-state index in [0.29, 0.717) is 5.56 Å². The third kappa shape index (κ3) is 1.79. The molecule has 5 nitrogen and oxygen atoms in total.